The molecule has 0 unspecified atom stereocenters. The van der Waals surface area contributed by atoms with E-state index in [1.54, 1.807) is 0 Å². The highest BCUT2D eigenvalue weighted by molar-refractivity contribution is 6.23. The van der Waals surface area contributed by atoms with E-state index < -0.39 is 0 Å². The molecule has 0 saturated heterocycles. The van der Waals surface area contributed by atoms with E-state index in [1.807, 2.05) is 0 Å². The fourth-order valence-corrected chi connectivity index (χ4v) is 8.34. The molecule has 214 valence electrons. The van der Waals surface area contributed by atoms with Crippen LogP contribution >= 0.6 is 0 Å². The maximum absolute atomic E-state index is 2.47. The molecule has 0 spiro atoms. The summed E-state index contributed by atoms with van der Waals surface area (Å²) in [4.78, 5) is 0. The number of aromatic nitrogens is 3. The van der Waals surface area contributed by atoms with Crippen molar-refractivity contribution in [1.29, 1.82) is 0 Å². The topological polar surface area (TPSA) is 14.3 Å². The molecule has 0 aliphatic carbocycles. The fraction of sp³-hybridized carbons (Fsp3) is 0.0233. The highest BCUT2D eigenvalue weighted by Crippen LogP contribution is 2.41. The summed E-state index contributed by atoms with van der Waals surface area (Å²) in [5, 5.41) is 10.4. The van der Waals surface area contributed by atoms with Gasteiger partial charge in [0.1, 0.15) is 0 Å². The fourth-order valence-electron chi connectivity index (χ4n) is 8.34. The zero-order chi connectivity index (χ0) is 30.1. The second-order valence-electron chi connectivity index (χ2n) is 12.6. The van der Waals surface area contributed by atoms with Crippen LogP contribution in [0.4, 0.5) is 0 Å². The van der Waals surface area contributed by atoms with E-state index in [0.717, 1.165) is 0 Å². The van der Waals surface area contributed by atoms with Crippen molar-refractivity contribution < 1.29 is 0 Å². The van der Waals surface area contributed by atoms with Gasteiger partial charge in [-0.2, -0.15) is 0 Å². The molecule has 0 aliphatic heterocycles. The Morgan fingerprint density at radius 3 is 1.59 bits per heavy atom. The average Bonchev–Trinajstić information content (AvgIpc) is 3.82. The molecule has 0 saturated carbocycles. The number of para-hydroxylation sites is 4. The minimum absolute atomic E-state index is 1.17. The van der Waals surface area contributed by atoms with Gasteiger partial charge in [-0.3, -0.25) is 0 Å². The zero-order valence-electron chi connectivity index (χ0n) is 25.2. The van der Waals surface area contributed by atoms with Crippen molar-refractivity contribution in [3.05, 3.63) is 146 Å². The number of hydrogen-bond acceptors (Lipinski definition) is 0. The van der Waals surface area contributed by atoms with Crippen LogP contribution in [0.2, 0.25) is 0 Å². The zero-order valence-corrected chi connectivity index (χ0v) is 25.2. The van der Waals surface area contributed by atoms with E-state index in [9.17, 15) is 0 Å². The number of fused-ring (bicyclic) bond motifs is 12. The van der Waals surface area contributed by atoms with Crippen molar-refractivity contribution in [3.63, 3.8) is 0 Å². The lowest BCUT2D eigenvalue weighted by Crippen LogP contribution is -1.94. The highest BCUT2D eigenvalue weighted by atomic mass is 15.0. The molecule has 4 aromatic heterocycles. The second-order valence-corrected chi connectivity index (χ2v) is 12.6. The molecule has 4 heterocycles. The third-order valence-electron chi connectivity index (χ3n) is 10.4. The SMILES string of the molecule is Cn1c2ccccc2c2cc(-c3ccc4c(c3)c3ccccc3n4-c3ccc4c5cccc6c7ccccc7n(c4c3)c65)ccc21. The van der Waals surface area contributed by atoms with E-state index >= 15 is 0 Å². The van der Waals surface area contributed by atoms with E-state index in [2.05, 4.69) is 166 Å². The van der Waals surface area contributed by atoms with Crippen LogP contribution in [-0.2, 0) is 7.05 Å². The van der Waals surface area contributed by atoms with Crippen LogP contribution in [0, 0.1) is 0 Å². The van der Waals surface area contributed by atoms with Gasteiger partial charge in [-0.15, -0.1) is 0 Å². The van der Waals surface area contributed by atoms with Crippen molar-refractivity contribution in [2.45, 2.75) is 0 Å². The molecule has 0 aliphatic rings. The van der Waals surface area contributed by atoms with Crippen LogP contribution in [0.25, 0.3) is 98.5 Å². The first-order valence-corrected chi connectivity index (χ1v) is 15.9. The number of hydrogen-bond donors (Lipinski definition) is 0. The van der Waals surface area contributed by atoms with Gasteiger partial charge in [0.2, 0.25) is 0 Å². The predicted molar refractivity (Wildman–Crippen MR) is 195 cm³/mol. The van der Waals surface area contributed by atoms with E-state index in [0.29, 0.717) is 0 Å². The lowest BCUT2D eigenvalue weighted by molar-refractivity contribution is 1.01. The standard InChI is InChI=1S/C43H27N3/c1-44-37-14-5-2-10-30(37)35-23-26(17-21-38(35)44)27-18-22-41-36(24-27)31-11-4-6-15-39(31)45(41)28-19-20-32-34-13-8-12-33-29-9-3-7-16-40(29)46(43(33)34)42(32)25-28/h2-25H,1H3. The van der Waals surface area contributed by atoms with Gasteiger partial charge in [0.25, 0.3) is 0 Å². The summed E-state index contributed by atoms with van der Waals surface area (Å²) >= 11 is 0. The lowest BCUT2D eigenvalue weighted by atomic mass is 10.0. The first-order valence-electron chi connectivity index (χ1n) is 15.9. The minimum atomic E-state index is 1.17. The smallest absolute Gasteiger partial charge is 0.0620 e. The van der Waals surface area contributed by atoms with Gasteiger partial charge in [0, 0.05) is 66.9 Å². The molecular formula is C43H27N3. The monoisotopic (exact) mass is 585 g/mol. The van der Waals surface area contributed by atoms with Crippen molar-refractivity contribution in [2.75, 3.05) is 0 Å². The molecule has 0 fully saturated rings. The molecule has 0 bridgehead atoms. The first kappa shape index (κ1) is 24.3. The summed E-state index contributed by atoms with van der Waals surface area (Å²) < 4.78 is 7.20. The van der Waals surface area contributed by atoms with Gasteiger partial charge >= 0.3 is 0 Å². The molecule has 7 aromatic carbocycles. The van der Waals surface area contributed by atoms with E-state index in [-0.39, 0.29) is 0 Å². The maximum atomic E-state index is 2.47. The van der Waals surface area contributed by atoms with Gasteiger partial charge in [-0.25, -0.2) is 0 Å². The maximum Gasteiger partial charge on any atom is 0.0620 e. The Labute approximate surface area is 264 Å². The summed E-state index contributed by atoms with van der Waals surface area (Å²) in [6.45, 7) is 0. The van der Waals surface area contributed by atoms with Crippen LogP contribution in [0.15, 0.2) is 146 Å². The molecular weight excluding hydrogens is 558 g/mol. The summed E-state index contributed by atoms with van der Waals surface area (Å²) in [7, 11) is 2.16. The Kier molecular flexibility index (Phi) is 4.52. The van der Waals surface area contributed by atoms with Gasteiger partial charge in [0.05, 0.1) is 27.6 Å². The molecule has 0 amide bonds. The molecule has 11 aromatic rings. The number of benzene rings is 7. The minimum Gasteiger partial charge on any atom is -0.344 e. The average molecular weight is 586 g/mol. The van der Waals surface area contributed by atoms with E-state index in [4.69, 9.17) is 0 Å². The Hall–Kier alpha value is -6.06. The Bertz CT molecular complexity index is 3040. The van der Waals surface area contributed by atoms with Crippen molar-refractivity contribution >= 4 is 81.7 Å². The third-order valence-corrected chi connectivity index (χ3v) is 10.4. The summed E-state index contributed by atoms with van der Waals surface area (Å²) in [6, 6.07) is 53.9. The Morgan fingerprint density at radius 1 is 0.348 bits per heavy atom. The van der Waals surface area contributed by atoms with Gasteiger partial charge < -0.3 is 13.5 Å². The predicted octanol–water partition coefficient (Wildman–Crippen LogP) is 11.2. The Morgan fingerprint density at radius 2 is 0.848 bits per heavy atom. The van der Waals surface area contributed by atoms with Crippen LogP contribution in [-0.4, -0.2) is 13.5 Å². The lowest BCUT2D eigenvalue weighted by Gasteiger charge is -2.10. The van der Waals surface area contributed by atoms with Gasteiger partial charge in [0.15, 0.2) is 0 Å². The molecule has 0 N–H and O–H groups in total. The summed E-state index contributed by atoms with van der Waals surface area (Å²) in [6.07, 6.45) is 0. The van der Waals surface area contributed by atoms with Crippen LogP contribution in [0.3, 0.4) is 0 Å². The normalized spacial score (nSPS) is 12.5. The summed E-state index contributed by atoms with van der Waals surface area (Å²) in [5.74, 6) is 0. The van der Waals surface area contributed by atoms with Crippen LogP contribution in [0.5, 0.6) is 0 Å². The molecule has 3 heteroatoms. The molecule has 11 rings (SSSR count). The first-order chi connectivity index (χ1) is 22.7. The van der Waals surface area contributed by atoms with E-state index in [1.165, 1.54) is 98.5 Å². The quantitative estimate of drug-likeness (QED) is 0.192. The number of nitrogens with zero attached hydrogens (tertiary/aromatic N) is 3. The van der Waals surface area contributed by atoms with Crippen molar-refractivity contribution in [3.8, 4) is 16.8 Å². The molecule has 3 nitrogen and oxygen atoms in total. The third kappa shape index (κ3) is 2.97. The number of rotatable bonds is 2. The second kappa shape index (κ2) is 8.56. The highest BCUT2D eigenvalue weighted by Gasteiger charge is 2.19. The van der Waals surface area contributed by atoms with Gasteiger partial charge in [-0.1, -0.05) is 91.0 Å². The molecule has 0 radical (unpaired) electrons. The van der Waals surface area contributed by atoms with Crippen molar-refractivity contribution in [1.82, 2.24) is 13.5 Å². The largest absolute Gasteiger partial charge is 0.344 e. The Balaban J connectivity index is 1.16. The summed E-state index contributed by atoms with van der Waals surface area (Å²) in [5.41, 5.74) is 12.4. The molecule has 0 atom stereocenters. The van der Waals surface area contributed by atoms with Crippen molar-refractivity contribution in [2.24, 2.45) is 7.05 Å². The molecule has 46 heavy (non-hydrogen) atoms. The van der Waals surface area contributed by atoms with Crippen LogP contribution < -0.4 is 0 Å². The van der Waals surface area contributed by atoms with Gasteiger partial charge in [-0.05, 0) is 65.7 Å². The number of aryl methyl sites for hydroxylation is 1. The van der Waals surface area contributed by atoms with Crippen LogP contribution in [0.1, 0.15) is 0 Å².